The van der Waals surface area contributed by atoms with Gasteiger partial charge in [-0.05, 0) is 43.2 Å². The normalized spacial score (nSPS) is 10.5. The van der Waals surface area contributed by atoms with E-state index in [9.17, 15) is 8.78 Å². The minimum Gasteiger partial charge on any atom is -0.497 e. The summed E-state index contributed by atoms with van der Waals surface area (Å²) in [6.07, 6.45) is 0.789. The van der Waals surface area contributed by atoms with Crippen molar-refractivity contribution in [3.63, 3.8) is 0 Å². The number of aromatic nitrogens is 2. The molecule has 3 aromatic rings. The van der Waals surface area contributed by atoms with E-state index in [1.54, 1.807) is 20.1 Å². The number of nitrogens with one attached hydrogen (secondary N) is 2. The summed E-state index contributed by atoms with van der Waals surface area (Å²) >= 11 is 0. The highest BCUT2D eigenvalue weighted by molar-refractivity contribution is 5.60. The second kappa shape index (κ2) is 8.44. The average Bonchev–Trinajstić information content (AvgIpc) is 2.65. The third-order valence-corrected chi connectivity index (χ3v) is 3.93. The molecule has 1 aromatic heterocycles. The summed E-state index contributed by atoms with van der Waals surface area (Å²) in [5.74, 6) is 0.840. The van der Waals surface area contributed by atoms with Gasteiger partial charge in [-0.3, -0.25) is 0 Å². The van der Waals surface area contributed by atoms with Crippen LogP contribution in [-0.4, -0.2) is 23.6 Å². The number of methoxy groups -OCH3 is 1. The molecule has 0 spiro atoms. The Kier molecular flexibility index (Phi) is 5.80. The Hall–Kier alpha value is -3.22. The van der Waals surface area contributed by atoms with E-state index in [4.69, 9.17) is 4.74 Å². The lowest BCUT2D eigenvalue weighted by Crippen LogP contribution is -2.09. The fourth-order valence-electron chi connectivity index (χ4n) is 2.59. The largest absolute Gasteiger partial charge is 0.497 e. The lowest BCUT2D eigenvalue weighted by molar-refractivity contribution is 0.414. The molecule has 0 saturated carbocycles. The molecule has 0 saturated heterocycles. The number of anilines is 3. The van der Waals surface area contributed by atoms with Crippen LogP contribution in [0.2, 0.25) is 0 Å². The van der Waals surface area contributed by atoms with Crippen molar-refractivity contribution in [2.75, 3.05) is 24.3 Å². The first-order chi connectivity index (χ1) is 13.0. The van der Waals surface area contributed by atoms with Crippen LogP contribution in [0, 0.1) is 18.6 Å². The monoisotopic (exact) mass is 370 g/mol. The summed E-state index contributed by atoms with van der Waals surface area (Å²) in [4.78, 5) is 8.50. The first-order valence-electron chi connectivity index (χ1n) is 8.48. The van der Waals surface area contributed by atoms with Crippen molar-refractivity contribution in [2.24, 2.45) is 0 Å². The summed E-state index contributed by atoms with van der Waals surface area (Å²) < 4.78 is 32.8. The first-order valence-corrected chi connectivity index (χ1v) is 8.48. The lowest BCUT2D eigenvalue weighted by Gasteiger charge is -2.11. The maximum absolute atomic E-state index is 13.8. The zero-order chi connectivity index (χ0) is 19.2. The van der Waals surface area contributed by atoms with E-state index in [1.807, 2.05) is 24.3 Å². The molecule has 0 atom stereocenters. The number of para-hydroxylation sites is 1. The molecule has 0 bridgehead atoms. The zero-order valence-electron chi connectivity index (χ0n) is 15.1. The highest BCUT2D eigenvalue weighted by Gasteiger charge is 2.10. The van der Waals surface area contributed by atoms with Gasteiger partial charge in [-0.1, -0.05) is 18.2 Å². The number of hydrogen-bond acceptors (Lipinski definition) is 5. The van der Waals surface area contributed by atoms with Gasteiger partial charge >= 0.3 is 0 Å². The molecule has 3 rings (SSSR count). The maximum atomic E-state index is 13.8. The maximum Gasteiger partial charge on any atom is 0.149 e. The Morgan fingerprint density at radius 2 is 1.63 bits per heavy atom. The molecule has 0 unspecified atom stereocenters. The highest BCUT2D eigenvalue weighted by Crippen LogP contribution is 2.23. The van der Waals surface area contributed by atoms with Crippen molar-refractivity contribution in [3.8, 4) is 5.75 Å². The smallest absolute Gasteiger partial charge is 0.149 e. The van der Waals surface area contributed by atoms with Crippen molar-refractivity contribution in [1.29, 1.82) is 0 Å². The number of halogens is 2. The van der Waals surface area contributed by atoms with E-state index >= 15 is 0 Å². The number of ether oxygens (including phenoxy) is 1. The molecular weight excluding hydrogens is 350 g/mol. The molecule has 0 fully saturated rings. The van der Waals surface area contributed by atoms with Gasteiger partial charge in [0, 0.05) is 12.6 Å². The van der Waals surface area contributed by atoms with Crippen LogP contribution in [0.15, 0.2) is 48.5 Å². The molecule has 0 radical (unpaired) electrons. The minimum absolute atomic E-state index is 0.236. The lowest BCUT2D eigenvalue weighted by atomic mass is 10.1. The number of aryl methyl sites for hydroxylation is 1. The van der Waals surface area contributed by atoms with Crippen LogP contribution in [0.1, 0.15) is 11.4 Å². The van der Waals surface area contributed by atoms with Gasteiger partial charge in [0.25, 0.3) is 0 Å². The SMILES string of the molecule is COc1ccc(CCNc2cc(Nc3c(F)cccc3F)nc(C)n2)cc1. The van der Waals surface area contributed by atoms with Crippen molar-refractivity contribution >= 4 is 17.3 Å². The number of nitrogens with zero attached hydrogens (tertiary/aromatic N) is 2. The molecule has 0 aliphatic heterocycles. The molecule has 7 heteroatoms. The Morgan fingerprint density at radius 3 is 2.30 bits per heavy atom. The summed E-state index contributed by atoms with van der Waals surface area (Å²) in [6.45, 7) is 2.37. The molecule has 0 aliphatic carbocycles. The molecule has 27 heavy (non-hydrogen) atoms. The van der Waals surface area contributed by atoms with Crippen LogP contribution in [0.25, 0.3) is 0 Å². The molecular formula is C20H20F2N4O. The van der Waals surface area contributed by atoms with Crippen molar-refractivity contribution in [1.82, 2.24) is 9.97 Å². The Labute approximate surface area is 156 Å². The Bertz CT molecular complexity index is 896. The average molecular weight is 370 g/mol. The predicted octanol–water partition coefficient (Wildman–Crippen LogP) is 4.47. The fourth-order valence-corrected chi connectivity index (χ4v) is 2.59. The van der Waals surface area contributed by atoms with Crippen LogP contribution < -0.4 is 15.4 Å². The van der Waals surface area contributed by atoms with Crippen molar-refractivity contribution in [2.45, 2.75) is 13.3 Å². The van der Waals surface area contributed by atoms with E-state index in [0.717, 1.165) is 17.7 Å². The van der Waals surface area contributed by atoms with E-state index < -0.39 is 11.6 Å². The fraction of sp³-hybridized carbons (Fsp3) is 0.200. The molecule has 2 aromatic carbocycles. The molecule has 140 valence electrons. The van der Waals surface area contributed by atoms with Gasteiger partial charge in [-0.15, -0.1) is 0 Å². The van der Waals surface area contributed by atoms with Crippen LogP contribution >= 0.6 is 0 Å². The van der Waals surface area contributed by atoms with Crippen LogP contribution in [-0.2, 0) is 6.42 Å². The second-order valence-corrected chi connectivity index (χ2v) is 5.93. The summed E-state index contributed by atoms with van der Waals surface area (Å²) in [6, 6.07) is 13.1. The van der Waals surface area contributed by atoms with E-state index in [-0.39, 0.29) is 5.69 Å². The first kappa shape index (κ1) is 18.6. The molecule has 5 nitrogen and oxygen atoms in total. The molecule has 2 N–H and O–H groups in total. The molecule has 0 amide bonds. The van der Waals surface area contributed by atoms with Gasteiger partial charge < -0.3 is 15.4 Å². The third-order valence-electron chi connectivity index (χ3n) is 3.93. The standard InChI is InChI=1S/C20H20F2N4O/c1-13-24-18(23-11-10-14-6-8-15(27-2)9-7-14)12-19(25-13)26-20-16(21)4-3-5-17(20)22/h3-9,12H,10-11H2,1-2H3,(H2,23,24,25,26). The van der Waals surface area contributed by atoms with Crippen molar-refractivity contribution in [3.05, 3.63) is 71.6 Å². The third kappa shape index (κ3) is 4.91. The number of rotatable bonds is 7. The second-order valence-electron chi connectivity index (χ2n) is 5.93. The summed E-state index contributed by atoms with van der Waals surface area (Å²) in [5.41, 5.74) is 0.917. The van der Waals surface area contributed by atoms with Crippen molar-refractivity contribution < 1.29 is 13.5 Å². The quantitative estimate of drug-likeness (QED) is 0.643. The van der Waals surface area contributed by atoms with Gasteiger partial charge in [0.1, 0.15) is 40.5 Å². The molecule has 1 heterocycles. The molecule has 0 aliphatic rings. The van der Waals surface area contributed by atoms with E-state index in [2.05, 4.69) is 20.6 Å². The highest BCUT2D eigenvalue weighted by atomic mass is 19.1. The number of hydrogen-bond donors (Lipinski definition) is 2. The zero-order valence-corrected chi connectivity index (χ0v) is 15.1. The van der Waals surface area contributed by atoms with E-state index in [0.29, 0.717) is 24.0 Å². The van der Waals surface area contributed by atoms with Gasteiger partial charge in [-0.25, -0.2) is 18.7 Å². The van der Waals surface area contributed by atoms with Gasteiger partial charge in [0.15, 0.2) is 0 Å². The Balaban J connectivity index is 1.66. The van der Waals surface area contributed by atoms with Gasteiger partial charge in [-0.2, -0.15) is 0 Å². The Morgan fingerprint density at radius 1 is 0.963 bits per heavy atom. The van der Waals surface area contributed by atoms with Crippen LogP contribution in [0.4, 0.5) is 26.1 Å². The van der Waals surface area contributed by atoms with Gasteiger partial charge in [0.2, 0.25) is 0 Å². The summed E-state index contributed by atoms with van der Waals surface area (Å²) in [7, 11) is 1.63. The minimum atomic E-state index is -0.680. The predicted molar refractivity (Wildman–Crippen MR) is 102 cm³/mol. The number of benzene rings is 2. The van der Waals surface area contributed by atoms with E-state index in [1.165, 1.54) is 18.2 Å². The summed E-state index contributed by atoms with van der Waals surface area (Å²) in [5, 5.41) is 5.90. The van der Waals surface area contributed by atoms with Crippen LogP contribution in [0.5, 0.6) is 5.75 Å². The van der Waals surface area contributed by atoms with Gasteiger partial charge in [0.05, 0.1) is 7.11 Å². The topological polar surface area (TPSA) is 59.1 Å². The van der Waals surface area contributed by atoms with Crippen LogP contribution in [0.3, 0.4) is 0 Å².